The highest BCUT2D eigenvalue weighted by atomic mass is 79.9. The highest BCUT2D eigenvalue weighted by molar-refractivity contribution is 9.10. The average molecular weight is 330 g/mol. The summed E-state index contributed by atoms with van der Waals surface area (Å²) in [6.07, 6.45) is 1.12. The monoisotopic (exact) mass is 329 g/mol. The molecule has 0 heterocycles. The van der Waals surface area contributed by atoms with Crippen molar-refractivity contribution in [2.24, 2.45) is 0 Å². The first kappa shape index (κ1) is 16.3. The number of hydrogen-bond acceptors (Lipinski definition) is 3. The number of benzene rings is 1. The Morgan fingerprint density at radius 1 is 1.32 bits per heavy atom. The molecule has 1 rings (SSSR count). The van der Waals surface area contributed by atoms with Crippen LogP contribution in [0.4, 0.5) is 0 Å². The Kier molecular flexibility index (Phi) is 6.14. The predicted octanol–water partition coefficient (Wildman–Crippen LogP) is 4.00. The molecular formula is C15H24BrNO2. The molecule has 0 saturated carbocycles. The van der Waals surface area contributed by atoms with Gasteiger partial charge < -0.3 is 14.8 Å². The second kappa shape index (κ2) is 7.15. The number of hydrogen-bond donors (Lipinski definition) is 1. The molecule has 0 radical (unpaired) electrons. The van der Waals surface area contributed by atoms with Crippen molar-refractivity contribution in [2.45, 2.75) is 45.8 Å². The molecule has 1 aromatic carbocycles. The maximum absolute atomic E-state index is 6.02. The number of rotatable bonds is 6. The standard InChI is InChI=1S/C15H24BrNO2/c1-6-11(10-17-15(2,3)4)19-14-8-7-12(18-5)9-13(14)16/h7-9,11,17H,6,10H2,1-5H3. The smallest absolute Gasteiger partial charge is 0.134 e. The zero-order valence-electron chi connectivity index (χ0n) is 12.4. The molecule has 0 bridgehead atoms. The first-order chi connectivity index (χ1) is 8.85. The second-order valence-electron chi connectivity index (χ2n) is 5.58. The van der Waals surface area contributed by atoms with E-state index in [4.69, 9.17) is 9.47 Å². The summed E-state index contributed by atoms with van der Waals surface area (Å²) < 4.78 is 12.1. The molecule has 108 valence electrons. The van der Waals surface area contributed by atoms with Crippen LogP contribution in [0.1, 0.15) is 34.1 Å². The lowest BCUT2D eigenvalue weighted by atomic mass is 10.1. The Morgan fingerprint density at radius 2 is 2.00 bits per heavy atom. The summed E-state index contributed by atoms with van der Waals surface area (Å²) in [6, 6.07) is 5.76. The van der Waals surface area contributed by atoms with E-state index in [1.54, 1.807) is 7.11 Å². The van der Waals surface area contributed by atoms with Crippen LogP contribution < -0.4 is 14.8 Å². The van der Waals surface area contributed by atoms with Gasteiger partial charge >= 0.3 is 0 Å². The zero-order chi connectivity index (χ0) is 14.5. The van der Waals surface area contributed by atoms with Crippen LogP contribution in [-0.2, 0) is 0 Å². The van der Waals surface area contributed by atoms with Crippen molar-refractivity contribution in [3.05, 3.63) is 22.7 Å². The molecule has 0 amide bonds. The lowest BCUT2D eigenvalue weighted by molar-refractivity contribution is 0.180. The Balaban J connectivity index is 2.65. The highest BCUT2D eigenvalue weighted by Crippen LogP contribution is 2.30. The fourth-order valence-electron chi connectivity index (χ4n) is 1.57. The lowest BCUT2D eigenvalue weighted by Gasteiger charge is -2.25. The van der Waals surface area contributed by atoms with Crippen LogP contribution in [0.5, 0.6) is 11.5 Å². The largest absolute Gasteiger partial charge is 0.497 e. The fourth-order valence-corrected chi connectivity index (χ4v) is 2.02. The van der Waals surface area contributed by atoms with Gasteiger partial charge in [-0.2, -0.15) is 0 Å². The van der Waals surface area contributed by atoms with E-state index in [9.17, 15) is 0 Å². The van der Waals surface area contributed by atoms with Gasteiger partial charge in [-0.3, -0.25) is 0 Å². The third kappa shape index (κ3) is 5.83. The summed E-state index contributed by atoms with van der Waals surface area (Å²) in [6.45, 7) is 9.43. The Morgan fingerprint density at radius 3 is 2.47 bits per heavy atom. The molecule has 3 nitrogen and oxygen atoms in total. The normalized spacial score (nSPS) is 13.2. The summed E-state index contributed by atoms with van der Waals surface area (Å²) in [5, 5.41) is 3.47. The molecule has 4 heteroatoms. The lowest BCUT2D eigenvalue weighted by Crippen LogP contribution is -2.42. The number of methoxy groups -OCH3 is 1. The van der Waals surface area contributed by atoms with Gasteiger partial charge in [-0.05, 0) is 61.3 Å². The van der Waals surface area contributed by atoms with E-state index in [-0.39, 0.29) is 11.6 Å². The average Bonchev–Trinajstić information content (AvgIpc) is 2.35. The van der Waals surface area contributed by atoms with Gasteiger partial charge in [-0.25, -0.2) is 0 Å². The van der Waals surface area contributed by atoms with Crippen LogP contribution in [-0.4, -0.2) is 25.3 Å². The number of halogens is 1. The summed E-state index contributed by atoms with van der Waals surface area (Å²) in [7, 11) is 1.66. The third-order valence-electron chi connectivity index (χ3n) is 2.75. The minimum absolute atomic E-state index is 0.105. The second-order valence-corrected chi connectivity index (χ2v) is 6.43. The molecule has 0 aliphatic heterocycles. The summed E-state index contributed by atoms with van der Waals surface area (Å²) in [4.78, 5) is 0. The highest BCUT2D eigenvalue weighted by Gasteiger charge is 2.15. The maximum Gasteiger partial charge on any atom is 0.134 e. The molecule has 0 saturated heterocycles. The molecule has 1 unspecified atom stereocenters. The first-order valence-electron chi connectivity index (χ1n) is 6.61. The summed E-state index contributed by atoms with van der Waals surface area (Å²) in [5.74, 6) is 1.67. The van der Waals surface area contributed by atoms with Crippen LogP contribution >= 0.6 is 15.9 Å². The van der Waals surface area contributed by atoms with Crippen molar-refractivity contribution in [1.82, 2.24) is 5.32 Å². The maximum atomic E-state index is 6.02. The van der Waals surface area contributed by atoms with Crippen molar-refractivity contribution < 1.29 is 9.47 Å². The Labute approximate surface area is 124 Å². The molecule has 1 aromatic rings. The van der Waals surface area contributed by atoms with Gasteiger partial charge in [-0.1, -0.05) is 6.92 Å². The Hall–Kier alpha value is -0.740. The van der Waals surface area contributed by atoms with Crippen molar-refractivity contribution in [2.75, 3.05) is 13.7 Å². The molecular weight excluding hydrogens is 306 g/mol. The van der Waals surface area contributed by atoms with Gasteiger partial charge in [0, 0.05) is 12.1 Å². The van der Waals surface area contributed by atoms with Gasteiger partial charge in [0.2, 0.25) is 0 Å². The van der Waals surface area contributed by atoms with Gasteiger partial charge in [0.05, 0.1) is 11.6 Å². The van der Waals surface area contributed by atoms with Crippen molar-refractivity contribution in [3.63, 3.8) is 0 Å². The molecule has 0 aromatic heterocycles. The van der Waals surface area contributed by atoms with E-state index in [0.29, 0.717) is 0 Å². The molecule has 1 N–H and O–H groups in total. The number of ether oxygens (including phenoxy) is 2. The third-order valence-corrected chi connectivity index (χ3v) is 3.37. The molecule has 1 atom stereocenters. The summed E-state index contributed by atoms with van der Waals surface area (Å²) in [5.41, 5.74) is 0.105. The number of nitrogens with one attached hydrogen (secondary N) is 1. The van der Waals surface area contributed by atoms with E-state index < -0.39 is 0 Å². The Bertz CT molecular complexity index is 402. The van der Waals surface area contributed by atoms with E-state index in [2.05, 4.69) is 48.9 Å². The van der Waals surface area contributed by atoms with E-state index in [1.807, 2.05) is 18.2 Å². The van der Waals surface area contributed by atoms with Crippen molar-refractivity contribution >= 4 is 15.9 Å². The van der Waals surface area contributed by atoms with Crippen molar-refractivity contribution in [1.29, 1.82) is 0 Å². The topological polar surface area (TPSA) is 30.5 Å². The van der Waals surface area contributed by atoms with E-state index >= 15 is 0 Å². The molecule has 0 aliphatic carbocycles. The SMILES string of the molecule is CCC(CNC(C)(C)C)Oc1ccc(OC)cc1Br. The van der Waals surface area contributed by atoms with Crippen LogP contribution in [0.2, 0.25) is 0 Å². The van der Waals surface area contributed by atoms with Crippen LogP contribution in [0.15, 0.2) is 22.7 Å². The quantitative estimate of drug-likeness (QED) is 0.855. The molecule has 0 spiro atoms. The van der Waals surface area contributed by atoms with Gasteiger partial charge in [0.1, 0.15) is 17.6 Å². The van der Waals surface area contributed by atoms with Crippen molar-refractivity contribution in [3.8, 4) is 11.5 Å². The molecule has 19 heavy (non-hydrogen) atoms. The first-order valence-corrected chi connectivity index (χ1v) is 7.40. The van der Waals surface area contributed by atoms with Crippen LogP contribution in [0.25, 0.3) is 0 Å². The van der Waals surface area contributed by atoms with Gasteiger partial charge in [0.15, 0.2) is 0 Å². The van der Waals surface area contributed by atoms with Crippen LogP contribution in [0.3, 0.4) is 0 Å². The fraction of sp³-hybridized carbons (Fsp3) is 0.600. The molecule has 0 aliphatic rings. The van der Waals surface area contributed by atoms with Gasteiger partial charge in [-0.15, -0.1) is 0 Å². The van der Waals surface area contributed by atoms with Gasteiger partial charge in [0.25, 0.3) is 0 Å². The minimum Gasteiger partial charge on any atom is -0.497 e. The van der Waals surface area contributed by atoms with E-state index in [0.717, 1.165) is 28.9 Å². The van der Waals surface area contributed by atoms with Crippen LogP contribution in [0, 0.1) is 0 Å². The molecule has 0 fully saturated rings. The summed E-state index contributed by atoms with van der Waals surface area (Å²) >= 11 is 3.51. The predicted molar refractivity (Wildman–Crippen MR) is 83.2 cm³/mol. The zero-order valence-corrected chi connectivity index (χ0v) is 14.0. The van der Waals surface area contributed by atoms with E-state index in [1.165, 1.54) is 0 Å². The minimum atomic E-state index is 0.105.